The molecular weight excluding hydrogens is 762 g/mol. The maximum absolute atomic E-state index is 12.1. The van der Waals surface area contributed by atoms with Gasteiger partial charge in [0.15, 0.2) is 0 Å². The van der Waals surface area contributed by atoms with Gasteiger partial charge in [-0.1, -0.05) is 17.7 Å². The van der Waals surface area contributed by atoms with E-state index in [1.807, 2.05) is 6.92 Å². The van der Waals surface area contributed by atoms with Crippen LogP contribution in [0.25, 0.3) is 0 Å². The Hall–Kier alpha value is -2.89. The quantitative estimate of drug-likeness (QED) is 0.0411. The van der Waals surface area contributed by atoms with Crippen molar-refractivity contribution in [3.63, 3.8) is 0 Å². The third-order valence-electron chi connectivity index (χ3n) is 7.04. The van der Waals surface area contributed by atoms with Crippen LogP contribution in [0.3, 0.4) is 0 Å². The summed E-state index contributed by atoms with van der Waals surface area (Å²) < 4.78 is 94.5. The number of hydrogen-bond acceptors (Lipinski definition) is 17. The monoisotopic (exact) mass is 821 g/mol. The first-order valence-electron chi connectivity index (χ1n) is 18.6. The summed E-state index contributed by atoms with van der Waals surface area (Å²) in [6.07, 6.45) is 0. The topological polar surface area (TPSA) is 197 Å². The molecule has 0 spiro atoms. The van der Waals surface area contributed by atoms with Crippen molar-refractivity contribution in [1.82, 2.24) is 0 Å². The van der Waals surface area contributed by atoms with Crippen LogP contribution in [-0.2, 0) is 66.4 Å². The second-order valence-corrected chi connectivity index (χ2v) is 13.0. The van der Waals surface area contributed by atoms with Crippen molar-refractivity contribution in [3.05, 3.63) is 64.2 Å². The Morgan fingerprint density at radius 2 is 0.714 bits per heavy atom. The minimum Gasteiger partial charge on any atom is -0.491 e. The summed E-state index contributed by atoms with van der Waals surface area (Å²) in [6.45, 7) is 11.5. The van der Waals surface area contributed by atoms with Crippen LogP contribution in [0.1, 0.15) is 5.56 Å². The van der Waals surface area contributed by atoms with Crippen molar-refractivity contribution >= 4 is 15.8 Å². The van der Waals surface area contributed by atoms with Crippen molar-refractivity contribution in [2.75, 3.05) is 159 Å². The van der Waals surface area contributed by atoms with Crippen LogP contribution >= 0.6 is 0 Å². The van der Waals surface area contributed by atoms with Crippen molar-refractivity contribution in [1.29, 1.82) is 0 Å². The zero-order valence-electron chi connectivity index (χ0n) is 32.4. The molecule has 0 saturated heterocycles. The van der Waals surface area contributed by atoms with Gasteiger partial charge < -0.3 is 56.8 Å². The predicted molar refractivity (Wildman–Crippen MR) is 202 cm³/mol. The lowest BCUT2D eigenvalue weighted by Crippen LogP contribution is -2.16. The minimum atomic E-state index is -3.78. The summed E-state index contributed by atoms with van der Waals surface area (Å²) in [5, 5.41) is 10.6. The normalized spacial score (nSPS) is 11.7. The van der Waals surface area contributed by atoms with E-state index in [0.717, 1.165) is 5.56 Å². The molecular formula is C37H59NO17S. The van der Waals surface area contributed by atoms with Gasteiger partial charge in [-0.15, -0.1) is 0 Å². The summed E-state index contributed by atoms with van der Waals surface area (Å²) in [6, 6.07) is 12.3. The maximum atomic E-state index is 12.1. The number of nitrogens with zero attached hydrogens (tertiary/aromatic N) is 1. The number of benzene rings is 2. The van der Waals surface area contributed by atoms with Gasteiger partial charge in [0.2, 0.25) is 0 Å². The van der Waals surface area contributed by atoms with Crippen molar-refractivity contribution in [2.45, 2.75) is 11.8 Å². The largest absolute Gasteiger partial charge is 0.491 e. The lowest BCUT2D eigenvalue weighted by Gasteiger charge is -2.09. The van der Waals surface area contributed by atoms with Gasteiger partial charge >= 0.3 is 0 Å². The molecule has 0 radical (unpaired) electrons. The van der Waals surface area contributed by atoms with Crippen molar-refractivity contribution in [3.8, 4) is 5.75 Å². The summed E-state index contributed by atoms with van der Waals surface area (Å²) in [7, 11) is -3.78. The molecule has 320 valence electrons. The van der Waals surface area contributed by atoms with Crippen LogP contribution in [0.4, 0.5) is 5.69 Å². The van der Waals surface area contributed by atoms with Crippen LogP contribution in [0.5, 0.6) is 5.75 Å². The second-order valence-electron chi connectivity index (χ2n) is 11.4. The molecule has 0 fully saturated rings. The van der Waals surface area contributed by atoms with Crippen LogP contribution in [0.2, 0.25) is 0 Å². The van der Waals surface area contributed by atoms with Crippen molar-refractivity contribution in [2.24, 2.45) is 0 Å². The highest BCUT2D eigenvalue weighted by Gasteiger charge is 2.14. The van der Waals surface area contributed by atoms with E-state index in [2.05, 4.69) is 0 Å². The Morgan fingerprint density at radius 1 is 0.429 bits per heavy atom. The third kappa shape index (κ3) is 27.7. The Balaban J connectivity index is 1.16. The minimum absolute atomic E-state index is 0.0189. The second kappa shape index (κ2) is 34.2. The molecule has 0 amide bonds. The number of hydrogen-bond donors (Lipinski definition) is 0. The summed E-state index contributed by atoms with van der Waals surface area (Å²) in [4.78, 5) is 10.3. The molecule has 0 atom stereocenters. The fourth-order valence-corrected chi connectivity index (χ4v) is 5.05. The molecule has 0 unspecified atom stereocenters. The molecule has 0 aromatic heterocycles. The fourth-order valence-electron chi connectivity index (χ4n) is 4.16. The van der Waals surface area contributed by atoms with Gasteiger partial charge in [0.05, 0.1) is 162 Å². The first kappa shape index (κ1) is 49.3. The molecule has 0 heterocycles. The number of ether oxygens (including phenoxy) is 12. The Kier molecular flexibility index (Phi) is 30.1. The van der Waals surface area contributed by atoms with E-state index in [9.17, 15) is 18.5 Å². The summed E-state index contributed by atoms with van der Waals surface area (Å²) in [5.41, 5.74) is 0.988. The molecule has 0 saturated carbocycles. The average molecular weight is 822 g/mol. The molecule has 2 rings (SSSR count). The molecule has 2 aromatic rings. The number of aryl methyl sites for hydroxylation is 1. The van der Waals surface area contributed by atoms with Gasteiger partial charge in [0.1, 0.15) is 12.4 Å². The van der Waals surface area contributed by atoms with E-state index >= 15 is 0 Å². The molecule has 18 nitrogen and oxygen atoms in total. The van der Waals surface area contributed by atoms with Crippen LogP contribution in [0, 0.1) is 17.0 Å². The van der Waals surface area contributed by atoms with Gasteiger partial charge in [-0.05, 0) is 31.2 Å². The van der Waals surface area contributed by atoms with E-state index in [1.165, 1.54) is 24.3 Å². The number of rotatable bonds is 40. The molecule has 56 heavy (non-hydrogen) atoms. The molecule has 0 aliphatic rings. The Bertz CT molecular complexity index is 1320. The van der Waals surface area contributed by atoms with Crippen LogP contribution in [0.15, 0.2) is 53.4 Å². The van der Waals surface area contributed by atoms with Gasteiger partial charge in [-0.25, -0.2) is 0 Å². The first-order chi connectivity index (χ1) is 27.4. The Labute approximate surface area is 330 Å². The number of non-ortho nitro benzene ring substituents is 1. The van der Waals surface area contributed by atoms with Gasteiger partial charge in [-0.2, -0.15) is 8.42 Å². The van der Waals surface area contributed by atoms with E-state index in [-0.39, 0.29) is 23.8 Å². The smallest absolute Gasteiger partial charge is 0.297 e. The SMILES string of the molecule is Cc1ccc(S(=O)(=O)OCCOCCOCCOCCOCCOCCOCCOCCOCCOCCOCCOCCOc2ccc([N+](=O)[O-])cc2)cc1. The van der Waals surface area contributed by atoms with Gasteiger partial charge in [-0.3, -0.25) is 14.3 Å². The average Bonchev–Trinajstić information content (AvgIpc) is 3.19. The fraction of sp³-hybridized carbons (Fsp3) is 0.676. The lowest BCUT2D eigenvalue weighted by atomic mass is 10.2. The van der Waals surface area contributed by atoms with E-state index in [0.29, 0.717) is 151 Å². The van der Waals surface area contributed by atoms with Crippen LogP contribution in [-0.4, -0.2) is 172 Å². The molecule has 0 aliphatic carbocycles. The molecule has 2 aromatic carbocycles. The first-order valence-corrected chi connectivity index (χ1v) is 20.0. The van der Waals surface area contributed by atoms with Crippen molar-refractivity contribution < 1.29 is 74.4 Å². The molecule has 0 bridgehead atoms. The third-order valence-corrected chi connectivity index (χ3v) is 8.37. The van der Waals surface area contributed by atoms with Gasteiger partial charge in [0, 0.05) is 12.1 Å². The van der Waals surface area contributed by atoms with E-state index in [1.54, 1.807) is 24.3 Å². The zero-order chi connectivity index (χ0) is 40.2. The zero-order valence-corrected chi connectivity index (χ0v) is 33.2. The van der Waals surface area contributed by atoms with E-state index < -0.39 is 15.0 Å². The van der Waals surface area contributed by atoms with Gasteiger partial charge in [0.25, 0.3) is 15.8 Å². The van der Waals surface area contributed by atoms with Crippen LogP contribution < -0.4 is 4.74 Å². The Morgan fingerprint density at radius 3 is 1.02 bits per heavy atom. The predicted octanol–water partition coefficient (Wildman–Crippen LogP) is 2.87. The number of nitro benzene ring substituents is 1. The summed E-state index contributed by atoms with van der Waals surface area (Å²) in [5.74, 6) is 0.548. The van der Waals surface area contributed by atoms with E-state index in [4.69, 9.17) is 61.0 Å². The highest BCUT2D eigenvalue weighted by molar-refractivity contribution is 7.86. The highest BCUT2D eigenvalue weighted by Crippen LogP contribution is 2.17. The lowest BCUT2D eigenvalue weighted by molar-refractivity contribution is -0.384. The standard InChI is InChI=1S/C37H59NO17S/c1-34-2-8-37(9-3-34)56(41,42)55-33-31-53-29-27-51-25-23-49-21-19-47-17-15-45-13-11-43-10-12-44-14-16-46-18-20-48-22-24-50-26-28-52-30-32-54-36-6-4-35(5-7-36)38(39)40/h2-9H,10-33H2,1H3. The molecule has 0 N–H and O–H groups in total. The molecule has 0 aliphatic heterocycles. The summed E-state index contributed by atoms with van der Waals surface area (Å²) >= 11 is 0. The number of nitro groups is 1. The molecule has 19 heteroatoms. The highest BCUT2D eigenvalue weighted by atomic mass is 32.2. The maximum Gasteiger partial charge on any atom is 0.297 e.